The molecule has 1 rings (SSSR count). The topological polar surface area (TPSA) is 24.5 Å². The average molecular weight is 228 g/mol. The molecule has 3 nitrogen and oxygen atoms in total. The van der Waals surface area contributed by atoms with Crippen LogP contribution in [-0.4, -0.2) is 50.3 Å². The molecule has 0 spiro atoms. The van der Waals surface area contributed by atoms with Crippen LogP contribution in [0.15, 0.2) is 0 Å². The Bertz CT molecular complexity index is 165. The second-order valence-electron chi connectivity index (χ2n) is 4.79. The molecule has 0 bridgehead atoms. The van der Waals surface area contributed by atoms with Crippen molar-refractivity contribution >= 4 is 0 Å². The van der Waals surface area contributed by atoms with E-state index >= 15 is 0 Å². The van der Waals surface area contributed by atoms with E-state index in [0.717, 1.165) is 32.3 Å². The molecule has 0 radical (unpaired) electrons. The van der Waals surface area contributed by atoms with Gasteiger partial charge in [0.15, 0.2) is 0 Å². The Kier molecular flexibility index (Phi) is 7.01. The first-order valence-corrected chi connectivity index (χ1v) is 6.79. The number of likely N-dealkylation sites (N-methyl/N-ethyl adjacent to an activating group) is 1. The maximum Gasteiger partial charge on any atom is 0.0480 e. The molecule has 1 aliphatic heterocycles. The van der Waals surface area contributed by atoms with Gasteiger partial charge in [-0.1, -0.05) is 13.8 Å². The summed E-state index contributed by atoms with van der Waals surface area (Å²) in [7, 11) is 2.24. The van der Waals surface area contributed by atoms with Crippen LogP contribution in [0, 0.1) is 0 Å². The molecule has 1 N–H and O–H groups in total. The molecule has 1 saturated heterocycles. The third-order valence-electron chi connectivity index (χ3n) is 3.68. The summed E-state index contributed by atoms with van der Waals surface area (Å²) in [5.74, 6) is 0. The first-order valence-electron chi connectivity index (χ1n) is 6.79. The summed E-state index contributed by atoms with van der Waals surface area (Å²) in [6.07, 6.45) is 4.86. The molecule has 3 heteroatoms. The van der Waals surface area contributed by atoms with Gasteiger partial charge >= 0.3 is 0 Å². The van der Waals surface area contributed by atoms with Crippen LogP contribution in [0.5, 0.6) is 0 Å². The maximum absolute atomic E-state index is 5.35. The van der Waals surface area contributed by atoms with Crippen molar-refractivity contribution in [3.05, 3.63) is 0 Å². The summed E-state index contributed by atoms with van der Waals surface area (Å²) in [4.78, 5) is 2.48. The summed E-state index contributed by atoms with van der Waals surface area (Å²) < 4.78 is 5.35. The van der Waals surface area contributed by atoms with Gasteiger partial charge < -0.3 is 15.0 Å². The molecule has 16 heavy (non-hydrogen) atoms. The Balaban J connectivity index is 2.09. The van der Waals surface area contributed by atoms with Crippen LogP contribution < -0.4 is 5.32 Å². The molecule has 0 aromatic rings. The third-order valence-corrected chi connectivity index (χ3v) is 3.68. The zero-order valence-electron chi connectivity index (χ0n) is 11.2. The summed E-state index contributed by atoms with van der Waals surface area (Å²) in [5, 5.41) is 3.63. The molecule has 0 saturated carbocycles. The maximum atomic E-state index is 5.35. The molecule has 1 fully saturated rings. The number of hydrogen-bond acceptors (Lipinski definition) is 3. The van der Waals surface area contributed by atoms with Crippen molar-refractivity contribution in [2.75, 3.05) is 33.4 Å². The van der Waals surface area contributed by atoms with Gasteiger partial charge in [0.2, 0.25) is 0 Å². The molecule has 0 aliphatic carbocycles. The Hall–Kier alpha value is -0.120. The van der Waals surface area contributed by atoms with Crippen molar-refractivity contribution in [3.63, 3.8) is 0 Å². The second kappa shape index (κ2) is 8.04. The van der Waals surface area contributed by atoms with Crippen LogP contribution in [0.3, 0.4) is 0 Å². The highest BCUT2D eigenvalue weighted by Gasteiger charge is 2.14. The lowest BCUT2D eigenvalue weighted by Gasteiger charge is -2.28. The van der Waals surface area contributed by atoms with Crippen LogP contribution in [-0.2, 0) is 4.74 Å². The van der Waals surface area contributed by atoms with E-state index in [9.17, 15) is 0 Å². The average Bonchev–Trinajstić information content (AvgIpc) is 2.32. The first-order chi connectivity index (χ1) is 7.77. The van der Waals surface area contributed by atoms with Crippen molar-refractivity contribution in [3.8, 4) is 0 Å². The number of ether oxygens (including phenoxy) is 1. The van der Waals surface area contributed by atoms with Gasteiger partial charge in [-0.3, -0.25) is 0 Å². The Labute approximate surface area is 101 Å². The quantitative estimate of drug-likeness (QED) is 0.720. The zero-order chi connectivity index (χ0) is 11.8. The van der Waals surface area contributed by atoms with Crippen molar-refractivity contribution in [1.82, 2.24) is 10.2 Å². The highest BCUT2D eigenvalue weighted by molar-refractivity contribution is 4.72. The van der Waals surface area contributed by atoms with Gasteiger partial charge in [-0.25, -0.2) is 0 Å². The van der Waals surface area contributed by atoms with E-state index in [1.165, 1.54) is 25.7 Å². The van der Waals surface area contributed by atoms with E-state index in [4.69, 9.17) is 4.74 Å². The van der Waals surface area contributed by atoms with Gasteiger partial charge in [-0.15, -0.1) is 0 Å². The normalized spacial score (nSPS) is 18.6. The van der Waals surface area contributed by atoms with Gasteiger partial charge in [0.05, 0.1) is 0 Å². The second-order valence-corrected chi connectivity index (χ2v) is 4.79. The largest absolute Gasteiger partial charge is 0.381 e. The van der Waals surface area contributed by atoms with Gasteiger partial charge in [-0.05, 0) is 32.7 Å². The fourth-order valence-electron chi connectivity index (χ4n) is 2.44. The fourth-order valence-corrected chi connectivity index (χ4v) is 2.44. The molecule has 0 atom stereocenters. The molecule has 0 amide bonds. The van der Waals surface area contributed by atoms with E-state index < -0.39 is 0 Å². The van der Waals surface area contributed by atoms with E-state index in [1.807, 2.05) is 0 Å². The minimum Gasteiger partial charge on any atom is -0.381 e. The van der Waals surface area contributed by atoms with Crippen LogP contribution in [0.2, 0.25) is 0 Å². The minimum atomic E-state index is 0.684. The predicted octanol–water partition coefficient (Wildman–Crippen LogP) is 1.88. The molecular formula is C13H28N2O. The first kappa shape index (κ1) is 13.9. The third kappa shape index (κ3) is 4.81. The molecule has 96 valence electrons. The number of nitrogens with zero attached hydrogens (tertiary/aromatic N) is 1. The summed E-state index contributed by atoms with van der Waals surface area (Å²) in [6.45, 7) is 8.68. The predicted molar refractivity (Wildman–Crippen MR) is 68.8 cm³/mol. The van der Waals surface area contributed by atoms with Gasteiger partial charge in [-0.2, -0.15) is 0 Å². The molecule has 1 heterocycles. The number of rotatable bonds is 7. The summed E-state index contributed by atoms with van der Waals surface area (Å²) in [6, 6.07) is 1.43. The van der Waals surface area contributed by atoms with Crippen molar-refractivity contribution in [2.24, 2.45) is 0 Å². The number of nitrogens with one attached hydrogen (secondary N) is 1. The van der Waals surface area contributed by atoms with Gasteiger partial charge in [0, 0.05) is 38.4 Å². The van der Waals surface area contributed by atoms with E-state index in [0.29, 0.717) is 6.04 Å². The van der Waals surface area contributed by atoms with E-state index in [-0.39, 0.29) is 0 Å². The lowest BCUT2D eigenvalue weighted by Crippen LogP contribution is -2.41. The highest BCUT2D eigenvalue weighted by Crippen LogP contribution is 2.07. The van der Waals surface area contributed by atoms with E-state index in [1.54, 1.807) is 0 Å². The van der Waals surface area contributed by atoms with Crippen LogP contribution in [0.1, 0.15) is 39.5 Å². The number of hydrogen-bond donors (Lipinski definition) is 1. The molecule has 0 unspecified atom stereocenters. The Morgan fingerprint density at radius 1 is 1.25 bits per heavy atom. The lowest BCUT2D eigenvalue weighted by molar-refractivity contribution is 0.0769. The van der Waals surface area contributed by atoms with Crippen molar-refractivity contribution in [2.45, 2.75) is 51.6 Å². The van der Waals surface area contributed by atoms with Crippen LogP contribution in [0.4, 0.5) is 0 Å². The van der Waals surface area contributed by atoms with Crippen molar-refractivity contribution < 1.29 is 4.74 Å². The highest BCUT2D eigenvalue weighted by atomic mass is 16.5. The monoisotopic (exact) mass is 228 g/mol. The molecule has 1 aliphatic rings. The van der Waals surface area contributed by atoms with Crippen LogP contribution >= 0.6 is 0 Å². The van der Waals surface area contributed by atoms with Gasteiger partial charge in [0.1, 0.15) is 0 Å². The zero-order valence-corrected chi connectivity index (χ0v) is 11.2. The standard InChI is InChI=1S/C13H28N2O/c1-4-13(5-2)15(3)9-8-14-12-6-10-16-11-7-12/h12-14H,4-11H2,1-3H3. The van der Waals surface area contributed by atoms with Crippen LogP contribution in [0.25, 0.3) is 0 Å². The Morgan fingerprint density at radius 3 is 2.44 bits per heavy atom. The lowest BCUT2D eigenvalue weighted by atomic mass is 10.1. The van der Waals surface area contributed by atoms with Gasteiger partial charge in [0.25, 0.3) is 0 Å². The summed E-state index contributed by atoms with van der Waals surface area (Å²) in [5.41, 5.74) is 0. The molecule has 0 aromatic carbocycles. The molecule has 0 aromatic heterocycles. The fraction of sp³-hybridized carbons (Fsp3) is 1.00. The van der Waals surface area contributed by atoms with E-state index in [2.05, 4.69) is 31.1 Å². The SMILES string of the molecule is CCC(CC)N(C)CCNC1CCOCC1. The minimum absolute atomic E-state index is 0.684. The molecular weight excluding hydrogens is 200 g/mol. The Morgan fingerprint density at radius 2 is 1.88 bits per heavy atom. The van der Waals surface area contributed by atoms with Crippen molar-refractivity contribution in [1.29, 1.82) is 0 Å². The smallest absolute Gasteiger partial charge is 0.0480 e. The summed E-state index contributed by atoms with van der Waals surface area (Å²) >= 11 is 0.